The highest BCUT2D eigenvalue weighted by Crippen LogP contribution is 1.97. The van der Waals surface area contributed by atoms with Crippen molar-refractivity contribution in [2.24, 2.45) is 0 Å². The van der Waals surface area contributed by atoms with Gasteiger partial charge in [-0.25, -0.2) is 8.42 Å². The second-order valence-corrected chi connectivity index (χ2v) is 3.17. The molecule has 1 atom stereocenters. The maximum atomic E-state index is 10.0. The Hall–Kier alpha value is -0.130. The monoisotopic (exact) mass is 153 g/mol. The zero-order chi connectivity index (χ0) is 7.49. The summed E-state index contributed by atoms with van der Waals surface area (Å²) in [7, 11) is -4.24. The SMILES string of the molecule is CCOC(C)S(=O)(=O)[O-]. The predicted molar refractivity (Wildman–Crippen MR) is 30.8 cm³/mol. The van der Waals surface area contributed by atoms with Crippen LogP contribution < -0.4 is 0 Å². The minimum Gasteiger partial charge on any atom is -0.746 e. The van der Waals surface area contributed by atoms with E-state index in [0.29, 0.717) is 0 Å². The molecular weight excluding hydrogens is 144 g/mol. The molecule has 0 aliphatic carbocycles. The van der Waals surface area contributed by atoms with Gasteiger partial charge in [-0.3, -0.25) is 0 Å². The van der Waals surface area contributed by atoms with Crippen molar-refractivity contribution in [3.05, 3.63) is 0 Å². The van der Waals surface area contributed by atoms with Crippen molar-refractivity contribution < 1.29 is 17.7 Å². The van der Waals surface area contributed by atoms with Crippen molar-refractivity contribution in [3.63, 3.8) is 0 Å². The van der Waals surface area contributed by atoms with Gasteiger partial charge in [0.05, 0.1) is 0 Å². The maximum Gasteiger partial charge on any atom is 0.144 e. The van der Waals surface area contributed by atoms with Crippen LogP contribution >= 0.6 is 0 Å². The Kier molecular flexibility index (Phi) is 3.10. The van der Waals surface area contributed by atoms with Crippen LogP contribution in [-0.2, 0) is 14.9 Å². The van der Waals surface area contributed by atoms with Gasteiger partial charge in [-0.2, -0.15) is 0 Å². The van der Waals surface area contributed by atoms with Crippen molar-refractivity contribution in [2.45, 2.75) is 19.3 Å². The summed E-state index contributed by atoms with van der Waals surface area (Å²) in [6.45, 7) is 3.08. The zero-order valence-corrected chi connectivity index (χ0v) is 6.14. The van der Waals surface area contributed by atoms with Crippen LogP contribution in [0.2, 0.25) is 0 Å². The molecule has 0 N–H and O–H groups in total. The fraction of sp³-hybridized carbons (Fsp3) is 1.00. The molecule has 0 heterocycles. The van der Waals surface area contributed by atoms with E-state index in [4.69, 9.17) is 0 Å². The van der Waals surface area contributed by atoms with Gasteiger partial charge < -0.3 is 9.29 Å². The lowest BCUT2D eigenvalue weighted by atomic mass is 10.8. The number of hydrogen-bond donors (Lipinski definition) is 0. The van der Waals surface area contributed by atoms with Gasteiger partial charge in [0.1, 0.15) is 15.6 Å². The maximum absolute atomic E-state index is 10.0. The van der Waals surface area contributed by atoms with Crippen LogP contribution in [0.25, 0.3) is 0 Å². The summed E-state index contributed by atoms with van der Waals surface area (Å²) in [4.78, 5) is 0. The minimum atomic E-state index is -4.24. The molecule has 4 nitrogen and oxygen atoms in total. The van der Waals surface area contributed by atoms with Gasteiger partial charge in [0.2, 0.25) is 0 Å². The summed E-state index contributed by atoms with van der Waals surface area (Å²) in [5, 5.41) is 0. The van der Waals surface area contributed by atoms with E-state index in [-0.39, 0.29) is 6.61 Å². The van der Waals surface area contributed by atoms with E-state index in [1.165, 1.54) is 6.92 Å². The van der Waals surface area contributed by atoms with Crippen LogP contribution in [0, 0.1) is 0 Å². The highest BCUT2D eigenvalue weighted by molar-refractivity contribution is 7.86. The molecule has 0 saturated heterocycles. The Morgan fingerprint density at radius 3 is 2.22 bits per heavy atom. The molecule has 0 aliphatic heterocycles. The van der Waals surface area contributed by atoms with Gasteiger partial charge in [0.15, 0.2) is 0 Å². The molecular formula is C4H9O4S-. The molecule has 0 spiro atoms. The molecule has 0 radical (unpaired) electrons. The van der Waals surface area contributed by atoms with Crippen LogP contribution in [-0.4, -0.2) is 25.0 Å². The quantitative estimate of drug-likeness (QED) is 0.531. The van der Waals surface area contributed by atoms with Gasteiger partial charge in [0.25, 0.3) is 0 Å². The lowest BCUT2D eigenvalue weighted by Gasteiger charge is -2.14. The fourth-order valence-electron chi connectivity index (χ4n) is 0.318. The molecule has 0 aromatic heterocycles. The molecule has 0 saturated carbocycles. The average Bonchev–Trinajstić information content (AvgIpc) is 1.64. The highest BCUT2D eigenvalue weighted by atomic mass is 32.2. The number of ether oxygens (including phenoxy) is 1. The second kappa shape index (κ2) is 3.14. The molecule has 0 aromatic carbocycles. The molecule has 5 heteroatoms. The molecule has 0 bridgehead atoms. The number of hydrogen-bond acceptors (Lipinski definition) is 4. The molecule has 0 amide bonds. The third-order valence-electron chi connectivity index (χ3n) is 0.808. The van der Waals surface area contributed by atoms with Crippen LogP contribution in [0.4, 0.5) is 0 Å². The van der Waals surface area contributed by atoms with E-state index in [0.717, 1.165) is 0 Å². The van der Waals surface area contributed by atoms with Gasteiger partial charge in [-0.05, 0) is 13.8 Å². The molecule has 56 valence electrons. The van der Waals surface area contributed by atoms with E-state index in [2.05, 4.69) is 4.74 Å². The summed E-state index contributed by atoms with van der Waals surface area (Å²) in [5.41, 5.74) is -1.22. The molecule has 0 aromatic rings. The highest BCUT2D eigenvalue weighted by Gasteiger charge is 2.06. The molecule has 0 aliphatic rings. The normalized spacial score (nSPS) is 15.4. The van der Waals surface area contributed by atoms with Gasteiger partial charge >= 0.3 is 0 Å². The number of rotatable bonds is 3. The van der Waals surface area contributed by atoms with E-state index in [1.54, 1.807) is 6.92 Å². The Morgan fingerprint density at radius 2 is 2.11 bits per heavy atom. The molecule has 0 rings (SSSR count). The van der Waals surface area contributed by atoms with Crippen molar-refractivity contribution in [1.29, 1.82) is 0 Å². The first kappa shape index (κ1) is 8.87. The molecule has 1 unspecified atom stereocenters. The summed E-state index contributed by atoms with van der Waals surface area (Å²) < 4.78 is 34.6. The summed E-state index contributed by atoms with van der Waals surface area (Å²) in [6.07, 6.45) is 0. The van der Waals surface area contributed by atoms with Gasteiger partial charge in [0, 0.05) is 6.61 Å². The van der Waals surface area contributed by atoms with Gasteiger partial charge in [-0.15, -0.1) is 0 Å². The first-order chi connectivity index (χ1) is 3.98. The molecule has 9 heavy (non-hydrogen) atoms. The summed E-state index contributed by atoms with van der Waals surface area (Å²) in [5.74, 6) is 0. The predicted octanol–water partition coefficient (Wildman–Crippen LogP) is -0.0859. The summed E-state index contributed by atoms with van der Waals surface area (Å²) in [6, 6.07) is 0. The second-order valence-electron chi connectivity index (χ2n) is 1.52. The zero-order valence-electron chi connectivity index (χ0n) is 5.33. The Balaban J connectivity index is 3.90. The third-order valence-corrected chi connectivity index (χ3v) is 1.76. The van der Waals surface area contributed by atoms with Crippen molar-refractivity contribution in [3.8, 4) is 0 Å². The van der Waals surface area contributed by atoms with Crippen molar-refractivity contribution >= 4 is 10.1 Å². The van der Waals surface area contributed by atoms with Gasteiger partial charge in [-0.1, -0.05) is 0 Å². The first-order valence-corrected chi connectivity index (χ1v) is 4.02. The van der Waals surface area contributed by atoms with E-state index >= 15 is 0 Å². The fourth-order valence-corrected chi connectivity index (χ4v) is 0.621. The Labute approximate surface area is 54.6 Å². The first-order valence-electron chi connectivity index (χ1n) is 2.54. The summed E-state index contributed by atoms with van der Waals surface area (Å²) >= 11 is 0. The molecule has 0 fully saturated rings. The van der Waals surface area contributed by atoms with Crippen LogP contribution in [0.3, 0.4) is 0 Å². The lowest BCUT2D eigenvalue weighted by molar-refractivity contribution is 0.121. The smallest absolute Gasteiger partial charge is 0.144 e. The van der Waals surface area contributed by atoms with E-state index in [1.807, 2.05) is 0 Å². The topological polar surface area (TPSA) is 66.4 Å². The Morgan fingerprint density at radius 1 is 1.67 bits per heavy atom. The minimum absolute atomic E-state index is 0.239. The van der Waals surface area contributed by atoms with Crippen LogP contribution in [0.15, 0.2) is 0 Å². The van der Waals surface area contributed by atoms with Crippen LogP contribution in [0.1, 0.15) is 13.8 Å². The van der Waals surface area contributed by atoms with Crippen LogP contribution in [0.5, 0.6) is 0 Å². The largest absolute Gasteiger partial charge is 0.746 e. The van der Waals surface area contributed by atoms with Crippen molar-refractivity contribution in [1.82, 2.24) is 0 Å². The van der Waals surface area contributed by atoms with E-state index < -0.39 is 15.6 Å². The standard InChI is InChI=1S/C4H10O4S/c1-3-8-4(2)9(5,6)7/h4H,3H2,1-2H3,(H,5,6,7)/p-1. The third kappa shape index (κ3) is 3.45. The Bertz CT molecular complexity index is 159. The average molecular weight is 153 g/mol. The lowest BCUT2D eigenvalue weighted by Crippen LogP contribution is -2.20. The van der Waals surface area contributed by atoms with E-state index in [9.17, 15) is 13.0 Å². The van der Waals surface area contributed by atoms with Crippen molar-refractivity contribution in [2.75, 3.05) is 6.61 Å².